The minimum atomic E-state index is -3.51. The van der Waals surface area contributed by atoms with Gasteiger partial charge in [-0.3, -0.25) is 4.79 Å². The molecule has 1 aromatic rings. The lowest BCUT2D eigenvalue weighted by Gasteiger charge is -2.40. The Bertz CT molecular complexity index is 654. The number of sulfone groups is 1. The fraction of sp³-hybridized carbons (Fsp3) is 0.562. The summed E-state index contributed by atoms with van der Waals surface area (Å²) in [6.07, 6.45) is 2.33. The Kier molecular flexibility index (Phi) is 3.99. The maximum absolute atomic E-state index is 12.8. The number of carbonyl (C=O) groups is 1. The molecule has 1 heterocycles. The highest BCUT2D eigenvalue weighted by Crippen LogP contribution is 2.49. The predicted molar refractivity (Wildman–Crippen MR) is 80.1 cm³/mol. The van der Waals surface area contributed by atoms with Crippen molar-refractivity contribution in [1.29, 1.82) is 0 Å². The molecule has 6 heteroatoms. The third-order valence-electron chi connectivity index (χ3n) is 4.88. The molecule has 0 aromatic heterocycles. The lowest BCUT2D eigenvalue weighted by molar-refractivity contribution is -0.167. The van der Waals surface area contributed by atoms with Crippen LogP contribution in [0.2, 0.25) is 0 Å². The Morgan fingerprint density at radius 3 is 2.73 bits per heavy atom. The smallest absolute Gasteiger partial charge is 0.314 e. The van der Waals surface area contributed by atoms with E-state index < -0.39 is 20.5 Å². The molecule has 2 aliphatic rings. The fourth-order valence-electron chi connectivity index (χ4n) is 3.73. The van der Waals surface area contributed by atoms with Gasteiger partial charge in [-0.1, -0.05) is 18.2 Å². The molecule has 0 bridgehead atoms. The van der Waals surface area contributed by atoms with Crippen LogP contribution in [0, 0.1) is 5.41 Å². The number of methoxy groups -OCH3 is 1. The third-order valence-corrected chi connectivity index (χ3v) is 6.99. The zero-order chi connectivity index (χ0) is 15.8. The van der Waals surface area contributed by atoms with Crippen LogP contribution in [-0.4, -0.2) is 39.5 Å². The van der Waals surface area contributed by atoms with Gasteiger partial charge in [-0.2, -0.15) is 0 Å². The number of fused-ring (bicyclic) bond motifs is 1. The molecule has 2 fully saturated rings. The van der Waals surface area contributed by atoms with Gasteiger partial charge in [-0.15, -0.1) is 0 Å². The molecule has 5 nitrogen and oxygen atoms in total. The van der Waals surface area contributed by atoms with Gasteiger partial charge >= 0.3 is 5.97 Å². The maximum Gasteiger partial charge on any atom is 0.314 e. The molecule has 3 rings (SSSR count). The van der Waals surface area contributed by atoms with E-state index in [0.717, 1.165) is 12.8 Å². The van der Waals surface area contributed by atoms with Gasteiger partial charge in [0.1, 0.15) is 0 Å². The summed E-state index contributed by atoms with van der Waals surface area (Å²) in [5, 5.41) is -0.705. The van der Waals surface area contributed by atoms with Gasteiger partial charge in [0.2, 0.25) is 0 Å². The van der Waals surface area contributed by atoms with E-state index in [2.05, 4.69) is 0 Å². The first-order chi connectivity index (χ1) is 10.5. The van der Waals surface area contributed by atoms with Gasteiger partial charge < -0.3 is 9.47 Å². The first-order valence-corrected chi connectivity index (χ1v) is 9.04. The molecule has 0 N–H and O–H groups in total. The highest BCUT2D eigenvalue weighted by Gasteiger charge is 2.56. The monoisotopic (exact) mass is 324 g/mol. The Hall–Kier alpha value is -1.40. The quantitative estimate of drug-likeness (QED) is 0.795. The molecule has 0 unspecified atom stereocenters. The van der Waals surface area contributed by atoms with Crippen molar-refractivity contribution in [3.8, 4) is 0 Å². The Morgan fingerprint density at radius 2 is 2.05 bits per heavy atom. The van der Waals surface area contributed by atoms with Crippen molar-refractivity contribution in [3.63, 3.8) is 0 Å². The van der Waals surface area contributed by atoms with Gasteiger partial charge in [-0.25, -0.2) is 8.42 Å². The van der Waals surface area contributed by atoms with Crippen molar-refractivity contribution in [2.24, 2.45) is 5.41 Å². The summed E-state index contributed by atoms with van der Waals surface area (Å²) in [7, 11) is -2.16. The maximum atomic E-state index is 12.8. The van der Waals surface area contributed by atoms with Crippen LogP contribution in [0.3, 0.4) is 0 Å². The molecule has 1 saturated heterocycles. The van der Waals surface area contributed by atoms with Gasteiger partial charge in [0.05, 0.1) is 35.4 Å². The summed E-state index contributed by atoms with van der Waals surface area (Å²) in [5.74, 6) is -0.344. The number of carbonyl (C=O) groups excluding carboxylic acids is 1. The van der Waals surface area contributed by atoms with E-state index in [9.17, 15) is 13.2 Å². The standard InChI is InChI=1S/C16H20O5S/c1-20-15(17)16-9-5-8-14(16)21-11-13(10-16)22(18,19)12-6-3-2-4-7-12/h2-4,6-7,13-14H,5,8-11H2,1H3/t13-,14-,16-/m1/s1. The molecule has 0 amide bonds. The lowest BCUT2D eigenvalue weighted by atomic mass is 9.78. The Labute approximate surface area is 130 Å². The molecule has 0 radical (unpaired) electrons. The van der Waals surface area contributed by atoms with Crippen molar-refractivity contribution in [3.05, 3.63) is 30.3 Å². The molecule has 3 atom stereocenters. The molecular weight excluding hydrogens is 304 g/mol. The highest BCUT2D eigenvalue weighted by molar-refractivity contribution is 7.92. The zero-order valence-electron chi connectivity index (χ0n) is 12.5. The second-order valence-corrected chi connectivity index (χ2v) is 8.27. The third kappa shape index (κ3) is 2.34. The van der Waals surface area contributed by atoms with E-state index in [1.807, 2.05) is 0 Å². The van der Waals surface area contributed by atoms with E-state index >= 15 is 0 Å². The summed E-state index contributed by atoms with van der Waals surface area (Å²) in [5.41, 5.74) is -0.806. The Balaban J connectivity index is 1.93. The second kappa shape index (κ2) is 5.66. The predicted octanol–water partition coefficient (Wildman–Crippen LogP) is 1.96. The average molecular weight is 324 g/mol. The number of hydrogen-bond acceptors (Lipinski definition) is 5. The number of ether oxygens (including phenoxy) is 2. The minimum Gasteiger partial charge on any atom is -0.469 e. The first kappa shape index (κ1) is 15.5. The van der Waals surface area contributed by atoms with Crippen molar-refractivity contribution < 1.29 is 22.7 Å². The van der Waals surface area contributed by atoms with Crippen LogP contribution >= 0.6 is 0 Å². The topological polar surface area (TPSA) is 69.7 Å². The van der Waals surface area contributed by atoms with Crippen LogP contribution < -0.4 is 0 Å². The molecule has 1 saturated carbocycles. The number of rotatable bonds is 3. The van der Waals surface area contributed by atoms with Crippen LogP contribution in [0.1, 0.15) is 25.7 Å². The summed E-state index contributed by atoms with van der Waals surface area (Å²) in [6.45, 7) is 0.140. The van der Waals surface area contributed by atoms with E-state index in [0.29, 0.717) is 6.42 Å². The van der Waals surface area contributed by atoms with Crippen LogP contribution in [0.25, 0.3) is 0 Å². The van der Waals surface area contributed by atoms with E-state index in [4.69, 9.17) is 9.47 Å². The minimum absolute atomic E-state index is 0.140. The molecule has 1 aromatic carbocycles. The van der Waals surface area contributed by atoms with E-state index in [-0.39, 0.29) is 30.0 Å². The van der Waals surface area contributed by atoms with Crippen molar-refractivity contribution in [2.75, 3.05) is 13.7 Å². The summed E-state index contributed by atoms with van der Waals surface area (Å²) in [6, 6.07) is 8.34. The largest absolute Gasteiger partial charge is 0.469 e. The van der Waals surface area contributed by atoms with Crippen LogP contribution in [0.5, 0.6) is 0 Å². The second-order valence-electron chi connectivity index (χ2n) is 6.05. The van der Waals surface area contributed by atoms with Crippen LogP contribution in [-0.2, 0) is 24.1 Å². The first-order valence-electron chi connectivity index (χ1n) is 7.50. The van der Waals surface area contributed by atoms with Crippen molar-refractivity contribution in [2.45, 2.75) is 41.9 Å². The van der Waals surface area contributed by atoms with Gasteiger partial charge in [-0.05, 0) is 37.8 Å². The van der Waals surface area contributed by atoms with E-state index in [1.165, 1.54) is 7.11 Å². The Morgan fingerprint density at radius 1 is 1.32 bits per heavy atom. The summed E-state index contributed by atoms with van der Waals surface area (Å²) >= 11 is 0. The van der Waals surface area contributed by atoms with Gasteiger partial charge in [0.15, 0.2) is 9.84 Å². The number of hydrogen-bond donors (Lipinski definition) is 0. The normalized spacial score (nSPS) is 31.5. The number of esters is 1. The molecular formula is C16H20O5S. The summed E-state index contributed by atoms with van der Waals surface area (Å²) in [4.78, 5) is 12.6. The van der Waals surface area contributed by atoms with E-state index in [1.54, 1.807) is 30.3 Å². The van der Waals surface area contributed by atoms with Crippen LogP contribution in [0.15, 0.2) is 35.2 Å². The number of benzene rings is 1. The van der Waals surface area contributed by atoms with Gasteiger partial charge in [0.25, 0.3) is 0 Å². The molecule has 22 heavy (non-hydrogen) atoms. The SMILES string of the molecule is COC(=O)[C@@]12CCC[C@H]1OC[C@H](S(=O)(=O)c1ccccc1)C2. The lowest BCUT2D eigenvalue weighted by Crippen LogP contribution is -2.50. The fourth-order valence-corrected chi connectivity index (χ4v) is 5.42. The summed E-state index contributed by atoms with van der Waals surface area (Å²) < 4.78 is 36.3. The van der Waals surface area contributed by atoms with Crippen molar-refractivity contribution >= 4 is 15.8 Å². The van der Waals surface area contributed by atoms with Gasteiger partial charge in [0, 0.05) is 0 Å². The highest BCUT2D eigenvalue weighted by atomic mass is 32.2. The molecule has 120 valence electrons. The average Bonchev–Trinajstić information content (AvgIpc) is 2.99. The van der Waals surface area contributed by atoms with Crippen LogP contribution in [0.4, 0.5) is 0 Å². The van der Waals surface area contributed by atoms with Crippen molar-refractivity contribution in [1.82, 2.24) is 0 Å². The molecule has 1 aliphatic carbocycles. The molecule has 0 spiro atoms. The zero-order valence-corrected chi connectivity index (χ0v) is 13.3. The molecule has 1 aliphatic heterocycles.